The molecule has 0 N–H and O–H groups in total. The molecular formula is C13H15N7. The van der Waals surface area contributed by atoms with Crippen molar-refractivity contribution in [3.05, 3.63) is 41.9 Å². The molecule has 20 heavy (non-hydrogen) atoms. The van der Waals surface area contributed by atoms with E-state index in [4.69, 9.17) is 0 Å². The molecule has 3 aromatic heterocycles. The fourth-order valence-electron chi connectivity index (χ4n) is 2.12. The third-order valence-corrected chi connectivity index (χ3v) is 3.07. The molecule has 3 heterocycles. The van der Waals surface area contributed by atoms with Crippen molar-refractivity contribution in [3.63, 3.8) is 0 Å². The highest BCUT2D eigenvalue weighted by Crippen LogP contribution is 2.13. The molecule has 0 aliphatic heterocycles. The lowest BCUT2D eigenvalue weighted by molar-refractivity contribution is 0.598. The van der Waals surface area contributed by atoms with Gasteiger partial charge in [0.25, 0.3) is 0 Å². The number of nitrogens with zero attached hydrogens (tertiary/aromatic N) is 7. The van der Waals surface area contributed by atoms with E-state index < -0.39 is 0 Å². The highest BCUT2D eigenvalue weighted by atomic mass is 15.5. The molecule has 0 saturated carbocycles. The molecule has 7 heteroatoms. The molecule has 0 aromatic carbocycles. The van der Waals surface area contributed by atoms with Crippen LogP contribution in [0, 0.1) is 6.92 Å². The Balaban J connectivity index is 1.90. The summed E-state index contributed by atoms with van der Waals surface area (Å²) in [5.41, 5.74) is 2.83. The van der Waals surface area contributed by atoms with Gasteiger partial charge in [0.05, 0.1) is 12.2 Å². The summed E-state index contributed by atoms with van der Waals surface area (Å²) in [5.74, 6) is 0.648. The SMILES string of the molecule is CCn1nc(Cn2nnnc2-c2ccccn2)cc1C. The van der Waals surface area contributed by atoms with Gasteiger partial charge in [-0.3, -0.25) is 9.67 Å². The van der Waals surface area contributed by atoms with E-state index >= 15 is 0 Å². The molecule has 3 rings (SSSR count). The van der Waals surface area contributed by atoms with Gasteiger partial charge in [-0.1, -0.05) is 6.07 Å². The van der Waals surface area contributed by atoms with E-state index in [1.165, 1.54) is 0 Å². The molecule has 0 amide bonds. The summed E-state index contributed by atoms with van der Waals surface area (Å²) in [4.78, 5) is 4.27. The van der Waals surface area contributed by atoms with Crippen molar-refractivity contribution < 1.29 is 0 Å². The molecule has 0 aliphatic rings. The van der Waals surface area contributed by atoms with Crippen LogP contribution in [-0.2, 0) is 13.1 Å². The van der Waals surface area contributed by atoms with Gasteiger partial charge < -0.3 is 0 Å². The maximum Gasteiger partial charge on any atom is 0.201 e. The average molecular weight is 269 g/mol. The summed E-state index contributed by atoms with van der Waals surface area (Å²) in [5, 5.41) is 16.3. The number of tetrazole rings is 1. The van der Waals surface area contributed by atoms with E-state index in [0.717, 1.165) is 23.6 Å². The van der Waals surface area contributed by atoms with Crippen LogP contribution in [0.1, 0.15) is 18.3 Å². The molecule has 0 saturated heterocycles. The van der Waals surface area contributed by atoms with Gasteiger partial charge in [-0.05, 0) is 42.5 Å². The second-order valence-corrected chi connectivity index (χ2v) is 4.47. The summed E-state index contributed by atoms with van der Waals surface area (Å²) in [6, 6.07) is 7.71. The Morgan fingerprint density at radius 1 is 1.20 bits per heavy atom. The van der Waals surface area contributed by atoms with Gasteiger partial charge in [-0.15, -0.1) is 5.10 Å². The molecule has 3 aromatic rings. The third-order valence-electron chi connectivity index (χ3n) is 3.07. The van der Waals surface area contributed by atoms with E-state index in [1.54, 1.807) is 10.9 Å². The van der Waals surface area contributed by atoms with Crippen LogP contribution in [0.5, 0.6) is 0 Å². The van der Waals surface area contributed by atoms with Crippen LogP contribution in [0.3, 0.4) is 0 Å². The zero-order valence-electron chi connectivity index (χ0n) is 11.4. The van der Waals surface area contributed by atoms with Crippen molar-refractivity contribution >= 4 is 0 Å². The first-order valence-corrected chi connectivity index (χ1v) is 6.49. The van der Waals surface area contributed by atoms with Gasteiger partial charge in [0, 0.05) is 18.4 Å². The Bertz CT molecular complexity index is 699. The van der Waals surface area contributed by atoms with Crippen LogP contribution in [0.4, 0.5) is 0 Å². The van der Waals surface area contributed by atoms with Gasteiger partial charge in [0.15, 0.2) is 0 Å². The van der Waals surface area contributed by atoms with Crippen molar-refractivity contribution in [2.75, 3.05) is 0 Å². The fourth-order valence-corrected chi connectivity index (χ4v) is 2.12. The Morgan fingerprint density at radius 2 is 2.10 bits per heavy atom. The summed E-state index contributed by atoms with van der Waals surface area (Å²) in [7, 11) is 0. The molecule has 0 radical (unpaired) electrons. The zero-order chi connectivity index (χ0) is 13.9. The third kappa shape index (κ3) is 2.29. The lowest BCUT2D eigenvalue weighted by Crippen LogP contribution is -2.06. The molecule has 7 nitrogen and oxygen atoms in total. The van der Waals surface area contributed by atoms with Crippen LogP contribution < -0.4 is 0 Å². The van der Waals surface area contributed by atoms with Crippen LogP contribution in [-0.4, -0.2) is 35.0 Å². The predicted octanol–water partition coefficient (Wildman–Crippen LogP) is 1.31. The fraction of sp³-hybridized carbons (Fsp3) is 0.308. The van der Waals surface area contributed by atoms with E-state index in [1.807, 2.05) is 35.9 Å². The highest BCUT2D eigenvalue weighted by Gasteiger charge is 2.12. The Labute approximate surface area is 116 Å². The second kappa shape index (κ2) is 5.20. The lowest BCUT2D eigenvalue weighted by atomic mass is 10.3. The smallest absolute Gasteiger partial charge is 0.201 e. The minimum absolute atomic E-state index is 0.534. The van der Waals surface area contributed by atoms with E-state index in [0.29, 0.717) is 12.4 Å². The maximum absolute atomic E-state index is 4.52. The monoisotopic (exact) mass is 269 g/mol. The number of pyridine rings is 1. The van der Waals surface area contributed by atoms with Gasteiger partial charge in [0.1, 0.15) is 5.69 Å². The van der Waals surface area contributed by atoms with Gasteiger partial charge in [-0.2, -0.15) is 5.10 Å². The summed E-state index contributed by atoms with van der Waals surface area (Å²) in [6.07, 6.45) is 1.73. The molecule has 0 aliphatic carbocycles. The first-order chi connectivity index (χ1) is 9.78. The summed E-state index contributed by atoms with van der Waals surface area (Å²) >= 11 is 0. The maximum atomic E-state index is 4.52. The molecule has 102 valence electrons. The summed E-state index contributed by atoms with van der Waals surface area (Å²) in [6.45, 7) is 5.50. The van der Waals surface area contributed by atoms with Crippen molar-refractivity contribution in [3.8, 4) is 11.5 Å². The standard InChI is InChI=1S/C13H15N7/c1-3-19-10(2)8-11(16-19)9-20-13(15-17-18-20)12-6-4-5-7-14-12/h4-8H,3,9H2,1-2H3. The number of rotatable bonds is 4. The van der Waals surface area contributed by atoms with Crippen molar-refractivity contribution in [1.29, 1.82) is 0 Å². The largest absolute Gasteiger partial charge is 0.270 e. The first kappa shape index (κ1) is 12.5. The normalized spacial score (nSPS) is 10.9. The molecule has 0 bridgehead atoms. The van der Waals surface area contributed by atoms with Crippen molar-refractivity contribution in [1.82, 2.24) is 35.0 Å². The van der Waals surface area contributed by atoms with Crippen molar-refractivity contribution in [2.24, 2.45) is 0 Å². The van der Waals surface area contributed by atoms with Crippen LogP contribution >= 0.6 is 0 Å². The first-order valence-electron chi connectivity index (χ1n) is 6.49. The van der Waals surface area contributed by atoms with E-state index in [2.05, 4.69) is 32.5 Å². The highest BCUT2D eigenvalue weighted by molar-refractivity contribution is 5.47. The Hall–Kier alpha value is -2.57. The van der Waals surface area contributed by atoms with Crippen LogP contribution in [0.15, 0.2) is 30.5 Å². The zero-order valence-corrected chi connectivity index (χ0v) is 11.4. The number of aromatic nitrogens is 7. The molecule has 0 spiro atoms. The Kier molecular flexibility index (Phi) is 3.24. The quantitative estimate of drug-likeness (QED) is 0.714. The molecule has 0 fully saturated rings. The summed E-state index contributed by atoms with van der Waals surface area (Å²) < 4.78 is 3.67. The van der Waals surface area contributed by atoms with Gasteiger partial charge in [0.2, 0.25) is 5.82 Å². The van der Waals surface area contributed by atoms with E-state index in [9.17, 15) is 0 Å². The van der Waals surface area contributed by atoms with Crippen LogP contribution in [0.2, 0.25) is 0 Å². The number of hydrogen-bond donors (Lipinski definition) is 0. The Morgan fingerprint density at radius 3 is 2.80 bits per heavy atom. The molecular weight excluding hydrogens is 254 g/mol. The molecule has 0 unspecified atom stereocenters. The topological polar surface area (TPSA) is 74.3 Å². The number of aryl methyl sites for hydroxylation is 2. The number of hydrogen-bond acceptors (Lipinski definition) is 5. The van der Waals surface area contributed by atoms with Gasteiger partial charge >= 0.3 is 0 Å². The lowest BCUT2D eigenvalue weighted by Gasteiger charge is -2.01. The van der Waals surface area contributed by atoms with Crippen molar-refractivity contribution in [2.45, 2.75) is 26.9 Å². The average Bonchev–Trinajstić information content (AvgIpc) is 3.06. The predicted molar refractivity (Wildman–Crippen MR) is 72.8 cm³/mol. The van der Waals surface area contributed by atoms with E-state index in [-0.39, 0.29) is 0 Å². The minimum atomic E-state index is 0.534. The van der Waals surface area contributed by atoms with Gasteiger partial charge in [-0.25, -0.2) is 4.68 Å². The minimum Gasteiger partial charge on any atom is -0.270 e. The second-order valence-electron chi connectivity index (χ2n) is 4.47. The molecule has 0 atom stereocenters. The van der Waals surface area contributed by atoms with Crippen LogP contribution in [0.25, 0.3) is 11.5 Å².